The number of carbonyl (C=O) groups is 1. The summed E-state index contributed by atoms with van der Waals surface area (Å²) in [7, 11) is 0. The van der Waals surface area contributed by atoms with Crippen LogP contribution in [0.4, 0.5) is 4.39 Å². The molecule has 0 spiro atoms. The molecule has 36 heavy (non-hydrogen) atoms. The Morgan fingerprint density at radius 2 is 1.53 bits per heavy atom. The number of benzene rings is 3. The summed E-state index contributed by atoms with van der Waals surface area (Å²) in [5.41, 5.74) is 6.84. The summed E-state index contributed by atoms with van der Waals surface area (Å²) < 4.78 is 20.6. The van der Waals surface area contributed by atoms with E-state index in [-0.39, 0.29) is 19.0 Å². The van der Waals surface area contributed by atoms with Gasteiger partial charge in [0.05, 0.1) is 6.61 Å². The molecule has 0 unspecified atom stereocenters. The standard InChI is InChI=1S/C32H37FO3/c1-4-5-6-8-24-10-13-26(14-11-24)30-17-15-27(22-31(30)33)29-16-12-25(9-7-19-34)21-28(29)18-20-36-32(35)23(2)3/h10-17,21-22,34H,2,4-9,18-20H2,1,3H3. The summed E-state index contributed by atoms with van der Waals surface area (Å²) in [6, 6.07) is 19.6. The fourth-order valence-corrected chi connectivity index (χ4v) is 4.30. The topological polar surface area (TPSA) is 46.5 Å². The molecule has 0 heterocycles. The molecule has 0 fully saturated rings. The normalized spacial score (nSPS) is 10.9. The maximum Gasteiger partial charge on any atom is 0.333 e. The molecule has 0 bridgehead atoms. The molecule has 0 saturated carbocycles. The van der Waals surface area contributed by atoms with E-state index < -0.39 is 5.97 Å². The summed E-state index contributed by atoms with van der Waals surface area (Å²) in [5.74, 6) is -0.685. The van der Waals surface area contributed by atoms with Crippen molar-refractivity contribution < 1.29 is 19.0 Å². The summed E-state index contributed by atoms with van der Waals surface area (Å²) in [5, 5.41) is 9.19. The minimum atomic E-state index is -0.417. The van der Waals surface area contributed by atoms with Crippen LogP contribution < -0.4 is 0 Å². The first-order valence-corrected chi connectivity index (χ1v) is 12.9. The maximum absolute atomic E-state index is 15.3. The molecule has 4 heteroatoms. The van der Waals surface area contributed by atoms with Crippen molar-refractivity contribution in [3.8, 4) is 22.3 Å². The van der Waals surface area contributed by atoms with Gasteiger partial charge in [0.25, 0.3) is 0 Å². The van der Waals surface area contributed by atoms with Crippen molar-refractivity contribution in [2.24, 2.45) is 0 Å². The van der Waals surface area contributed by atoms with Crippen molar-refractivity contribution in [2.45, 2.75) is 58.8 Å². The van der Waals surface area contributed by atoms with Gasteiger partial charge in [0, 0.05) is 24.2 Å². The van der Waals surface area contributed by atoms with Crippen molar-refractivity contribution >= 4 is 5.97 Å². The van der Waals surface area contributed by atoms with Crippen LogP contribution in [0.1, 0.15) is 56.2 Å². The van der Waals surface area contributed by atoms with Crippen LogP contribution in [-0.4, -0.2) is 24.3 Å². The van der Waals surface area contributed by atoms with Crippen molar-refractivity contribution in [3.05, 3.63) is 95.3 Å². The number of aliphatic hydroxyl groups is 1. The number of aryl methyl sites for hydroxylation is 2. The smallest absolute Gasteiger partial charge is 0.333 e. The number of hydrogen-bond acceptors (Lipinski definition) is 3. The molecule has 3 nitrogen and oxygen atoms in total. The SMILES string of the molecule is C=C(C)C(=O)OCCc1cc(CCCO)ccc1-c1ccc(-c2ccc(CCCCC)cc2)c(F)c1. The zero-order chi connectivity index (χ0) is 25.9. The molecule has 3 aromatic rings. The van der Waals surface area contributed by atoms with Crippen LogP contribution >= 0.6 is 0 Å². The number of esters is 1. The van der Waals surface area contributed by atoms with Crippen molar-refractivity contribution in [1.82, 2.24) is 0 Å². The number of halogens is 1. The fraction of sp³-hybridized carbons (Fsp3) is 0.344. The lowest BCUT2D eigenvalue weighted by atomic mass is 9.92. The van der Waals surface area contributed by atoms with E-state index in [0.29, 0.717) is 24.0 Å². The number of aliphatic hydroxyl groups excluding tert-OH is 1. The van der Waals surface area contributed by atoms with Crippen LogP contribution in [0.15, 0.2) is 72.8 Å². The van der Waals surface area contributed by atoms with E-state index in [9.17, 15) is 9.90 Å². The van der Waals surface area contributed by atoms with Gasteiger partial charge in [-0.05, 0) is 72.1 Å². The van der Waals surface area contributed by atoms with Gasteiger partial charge in [-0.15, -0.1) is 0 Å². The van der Waals surface area contributed by atoms with Gasteiger partial charge in [0.15, 0.2) is 0 Å². The molecule has 3 aromatic carbocycles. The summed E-state index contributed by atoms with van der Waals surface area (Å²) in [6.45, 7) is 7.77. The number of rotatable bonds is 13. The van der Waals surface area contributed by atoms with Gasteiger partial charge in [0.1, 0.15) is 5.82 Å². The highest BCUT2D eigenvalue weighted by Gasteiger charge is 2.12. The zero-order valence-electron chi connectivity index (χ0n) is 21.5. The first-order valence-electron chi connectivity index (χ1n) is 12.9. The first-order chi connectivity index (χ1) is 17.4. The van der Waals surface area contributed by atoms with E-state index in [0.717, 1.165) is 40.7 Å². The predicted molar refractivity (Wildman–Crippen MR) is 145 cm³/mol. The molecule has 0 amide bonds. The van der Waals surface area contributed by atoms with E-state index in [1.807, 2.05) is 36.4 Å². The second kappa shape index (κ2) is 13.7. The number of carbonyl (C=O) groups excluding carboxylic acids is 1. The van der Waals surface area contributed by atoms with E-state index >= 15 is 4.39 Å². The van der Waals surface area contributed by atoms with Crippen LogP contribution in [-0.2, 0) is 28.8 Å². The molecule has 0 aliphatic rings. The van der Waals surface area contributed by atoms with Crippen molar-refractivity contribution in [1.29, 1.82) is 0 Å². The Balaban J connectivity index is 1.83. The fourth-order valence-electron chi connectivity index (χ4n) is 4.30. The van der Waals surface area contributed by atoms with Crippen LogP contribution in [0.5, 0.6) is 0 Å². The summed E-state index contributed by atoms with van der Waals surface area (Å²) >= 11 is 0. The highest BCUT2D eigenvalue weighted by Crippen LogP contribution is 2.31. The molecule has 0 saturated heterocycles. The lowest BCUT2D eigenvalue weighted by Crippen LogP contribution is -2.09. The van der Waals surface area contributed by atoms with E-state index in [4.69, 9.17) is 4.74 Å². The summed E-state index contributed by atoms with van der Waals surface area (Å²) in [4.78, 5) is 11.8. The molecule has 3 rings (SSSR count). The average Bonchev–Trinajstić information content (AvgIpc) is 2.88. The summed E-state index contributed by atoms with van der Waals surface area (Å²) in [6.07, 6.45) is 6.56. The van der Waals surface area contributed by atoms with Crippen LogP contribution in [0, 0.1) is 5.82 Å². The average molecular weight is 489 g/mol. The Kier molecular flexibility index (Phi) is 10.4. The molecular weight excluding hydrogens is 451 g/mol. The largest absolute Gasteiger partial charge is 0.462 e. The third kappa shape index (κ3) is 7.63. The third-order valence-corrected chi connectivity index (χ3v) is 6.36. The van der Waals surface area contributed by atoms with Gasteiger partial charge in [0.2, 0.25) is 0 Å². The predicted octanol–water partition coefficient (Wildman–Crippen LogP) is 7.48. The molecule has 0 aromatic heterocycles. The zero-order valence-corrected chi connectivity index (χ0v) is 21.5. The minimum absolute atomic E-state index is 0.125. The molecule has 0 atom stereocenters. The lowest BCUT2D eigenvalue weighted by molar-refractivity contribution is -0.138. The second-order valence-corrected chi connectivity index (χ2v) is 9.33. The minimum Gasteiger partial charge on any atom is -0.462 e. The van der Waals surface area contributed by atoms with Gasteiger partial charge >= 0.3 is 5.97 Å². The monoisotopic (exact) mass is 488 g/mol. The van der Waals surface area contributed by atoms with Crippen molar-refractivity contribution in [3.63, 3.8) is 0 Å². The number of unbranched alkanes of at least 4 members (excludes halogenated alkanes) is 2. The molecule has 0 aliphatic carbocycles. The van der Waals surface area contributed by atoms with Crippen LogP contribution in [0.25, 0.3) is 22.3 Å². The highest BCUT2D eigenvalue weighted by molar-refractivity contribution is 5.87. The Bertz CT molecular complexity index is 1160. The number of hydrogen-bond donors (Lipinski definition) is 1. The molecule has 0 aliphatic heterocycles. The van der Waals surface area contributed by atoms with Gasteiger partial charge in [-0.3, -0.25) is 0 Å². The molecule has 0 radical (unpaired) electrons. The molecule has 1 N–H and O–H groups in total. The Hall–Kier alpha value is -3.24. The van der Waals surface area contributed by atoms with Crippen molar-refractivity contribution in [2.75, 3.05) is 13.2 Å². The second-order valence-electron chi connectivity index (χ2n) is 9.33. The quantitative estimate of drug-likeness (QED) is 0.154. The first kappa shape index (κ1) is 27.3. The highest BCUT2D eigenvalue weighted by atomic mass is 19.1. The maximum atomic E-state index is 15.3. The van der Waals surface area contributed by atoms with Gasteiger partial charge in [-0.25, -0.2) is 9.18 Å². The lowest BCUT2D eigenvalue weighted by Gasteiger charge is -2.14. The van der Waals surface area contributed by atoms with E-state index in [1.54, 1.807) is 13.0 Å². The van der Waals surface area contributed by atoms with E-state index in [2.05, 4.69) is 31.7 Å². The number of ether oxygens (including phenoxy) is 1. The van der Waals surface area contributed by atoms with Gasteiger partial charge in [-0.2, -0.15) is 0 Å². The molecular formula is C32H37FO3. The third-order valence-electron chi connectivity index (χ3n) is 6.36. The van der Waals surface area contributed by atoms with Crippen LogP contribution in [0.2, 0.25) is 0 Å². The van der Waals surface area contributed by atoms with Gasteiger partial charge in [-0.1, -0.05) is 80.9 Å². The Labute approximate surface area is 214 Å². The Morgan fingerprint density at radius 1 is 0.861 bits per heavy atom. The van der Waals surface area contributed by atoms with Crippen LogP contribution in [0.3, 0.4) is 0 Å². The Morgan fingerprint density at radius 3 is 2.19 bits per heavy atom. The van der Waals surface area contributed by atoms with Gasteiger partial charge < -0.3 is 9.84 Å². The van der Waals surface area contributed by atoms with E-state index in [1.165, 1.54) is 24.8 Å². The molecule has 190 valence electrons.